The summed E-state index contributed by atoms with van der Waals surface area (Å²) in [4.78, 5) is 4.37. The fourth-order valence-corrected chi connectivity index (χ4v) is 2.33. The average Bonchev–Trinajstić information content (AvgIpc) is 2.43. The molecule has 0 radical (unpaired) electrons. The number of hydrogen-bond acceptors (Lipinski definition) is 2. The number of anilines is 2. The first-order valence-electron chi connectivity index (χ1n) is 6.11. The lowest BCUT2D eigenvalue weighted by molar-refractivity contribution is 1.39. The zero-order chi connectivity index (χ0) is 13.2. The molecule has 94 valence electrons. The van der Waals surface area contributed by atoms with Gasteiger partial charge in [0.05, 0.1) is 5.52 Å². The second-order valence-corrected chi connectivity index (χ2v) is 5.32. The molecule has 1 heterocycles. The first-order chi connectivity index (χ1) is 9.24. The molecule has 2 aromatic carbocycles. The fourth-order valence-electron chi connectivity index (χ4n) is 2.08. The van der Waals surface area contributed by atoms with Crippen LogP contribution in [0.5, 0.6) is 0 Å². The highest BCUT2D eigenvalue weighted by molar-refractivity contribution is 9.10. The first-order valence-corrected chi connectivity index (χ1v) is 6.90. The number of benzene rings is 2. The third-order valence-electron chi connectivity index (χ3n) is 3.09. The van der Waals surface area contributed by atoms with Gasteiger partial charge in [-0.3, -0.25) is 4.98 Å². The molecule has 0 saturated heterocycles. The van der Waals surface area contributed by atoms with Gasteiger partial charge in [0.1, 0.15) is 0 Å². The maximum Gasteiger partial charge on any atom is 0.0722 e. The van der Waals surface area contributed by atoms with E-state index in [1.807, 2.05) is 30.5 Å². The molecule has 1 aromatic heterocycles. The van der Waals surface area contributed by atoms with E-state index in [9.17, 15) is 0 Å². The standard InChI is InChI=1S/C16H13BrN2/c1-11-10-12(6-7-14(11)17)19-16-8-9-18-15-5-3-2-4-13(15)16/h2-10H,1H3,(H,18,19). The first kappa shape index (κ1) is 12.2. The van der Waals surface area contributed by atoms with Gasteiger partial charge in [0, 0.05) is 27.4 Å². The number of fused-ring (bicyclic) bond motifs is 1. The smallest absolute Gasteiger partial charge is 0.0722 e. The van der Waals surface area contributed by atoms with E-state index >= 15 is 0 Å². The van der Waals surface area contributed by atoms with Crippen molar-refractivity contribution in [1.29, 1.82) is 0 Å². The molecule has 0 saturated carbocycles. The molecule has 19 heavy (non-hydrogen) atoms. The lowest BCUT2D eigenvalue weighted by Crippen LogP contribution is -1.93. The number of hydrogen-bond donors (Lipinski definition) is 1. The molecule has 0 aliphatic rings. The van der Waals surface area contributed by atoms with Crippen LogP contribution in [0.1, 0.15) is 5.56 Å². The molecule has 3 rings (SSSR count). The number of nitrogens with one attached hydrogen (secondary N) is 1. The van der Waals surface area contributed by atoms with Crippen molar-refractivity contribution in [2.24, 2.45) is 0 Å². The Hall–Kier alpha value is -1.87. The van der Waals surface area contributed by atoms with E-state index in [0.717, 1.165) is 26.8 Å². The predicted octanol–water partition coefficient (Wildman–Crippen LogP) is 5.05. The number of para-hydroxylation sites is 1. The molecule has 0 bridgehead atoms. The van der Waals surface area contributed by atoms with E-state index in [1.54, 1.807) is 0 Å². The third kappa shape index (κ3) is 2.47. The van der Waals surface area contributed by atoms with Gasteiger partial charge in [-0.05, 0) is 42.8 Å². The lowest BCUT2D eigenvalue weighted by atomic mass is 10.1. The number of aromatic nitrogens is 1. The highest BCUT2D eigenvalue weighted by Crippen LogP contribution is 2.27. The summed E-state index contributed by atoms with van der Waals surface area (Å²) in [7, 11) is 0. The van der Waals surface area contributed by atoms with Gasteiger partial charge < -0.3 is 5.32 Å². The zero-order valence-corrected chi connectivity index (χ0v) is 12.1. The minimum atomic E-state index is 1.00. The molecule has 0 unspecified atom stereocenters. The maximum absolute atomic E-state index is 4.37. The summed E-state index contributed by atoms with van der Waals surface area (Å²) in [5.41, 5.74) is 4.37. The monoisotopic (exact) mass is 312 g/mol. The van der Waals surface area contributed by atoms with Gasteiger partial charge in [-0.25, -0.2) is 0 Å². The van der Waals surface area contributed by atoms with E-state index in [1.165, 1.54) is 5.56 Å². The van der Waals surface area contributed by atoms with Crippen LogP contribution >= 0.6 is 15.9 Å². The van der Waals surface area contributed by atoms with Crippen molar-refractivity contribution < 1.29 is 0 Å². The van der Waals surface area contributed by atoms with Crippen molar-refractivity contribution in [3.8, 4) is 0 Å². The number of nitrogens with zero attached hydrogens (tertiary/aromatic N) is 1. The molecule has 0 atom stereocenters. The minimum absolute atomic E-state index is 1.00. The second-order valence-electron chi connectivity index (χ2n) is 4.46. The van der Waals surface area contributed by atoms with Crippen molar-refractivity contribution in [2.75, 3.05) is 5.32 Å². The molecular formula is C16H13BrN2. The molecule has 0 aliphatic heterocycles. The summed E-state index contributed by atoms with van der Waals surface area (Å²) in [5, 5.41) is 4.58. The summed E-state index contributed by atoms with van der Waals surface area (Å²) < 4.78 is 1.12. The Balaban J connectivity index is 2.03. The molecule has 2 nitrogen and oxygen atoms in total. The van der Waals surface area contributed by atoms with Crippen molar-refractivity contribution in [1.82, 2.24) is 4.98 Å². The van der Waals surface area contributed by atoms with Crippen LogP contribution in [0.2, 0.25) is 0 Å². The second kappa shape index (κ2) is 5.02. The lowest BCUT2D eigenvalue weighted by Gasteiger charge is -2.10. The fraction of sp³-hybridized carbons (Fsp3) is 0.0625. The molecule has 0 amide bonds. The van der Waals surface area contributed by atoms with Gasteiger partial charge in [-0.1, -0.05) is 34.1 Å². The quantitative estimate of drug-likeness (QED) is 0.716. The minimum Gasteiger partial charge on any atom is -0.355 e. The summed E-state index contributed by atoms with van der Waals surface area (Å²) in [6, 6.07) is 16.4. The van der Waals surface area contributed by atoms with E-state index in [4.69, 9.17) is 0 Å². The number of aryl methyl sites for hydroxylation is 1. The van der Waals surface area contributed by atoms with E-state index < -0.39 is 0 Å². The van der Waals surface area contributed by atoms with Crippen molar-refractivity contribution in [3.05, 3.63) is 64.8 Å². The SMILES string of the molecule is Cc1cc(Nc2ccnc3ccccc23)ccc1Br. The van der Waals surface area contributed by atoms with Gasteiger partial charge in [0.2, 0.25) is 0 Å². The summed E-state index contributed by atoms with van der Waals surface area (Å²) in [6.07, 6.45) is 1.83. The van der Waals surface area contributed by atoms with Gasteiger partial charge in [0.25, 0.3) is 0 Å². The van der Waals surface area contributed by atoms with E-state index in [2.05, 4.69) is 57.4 Å². The average molecular weight is 313 g/mol. The third-order valence-corrected chi connectivity index (χ3v) is 3.98. The molecule has 0 fully saturated rings. The van der Waals surface area contributed by atoms with E-state index in [-0.39, 0.29) is 0 Å². The van der Waals surface area contributed by atoms with Crippen molar-refractivity contribution >= 4 is 38.2 Å². The Morgan fingerprint density at radius 3 is 2.74 bits per heavy atom. The molecule has 3 heteroatoms. The van der Waals surface area contributed by atoms with Gasteiger partial charge in [0.15, 0.2) is 0 Å². The molecular weight excluding hydrogens is 300 g/mol. The Morgan fingerprint density at radius 1 is 1.05 bits per heavy atom. The van der Waals surface area contributed by atoms with Crippen LogP contribution in [0.25, 0.3) is 10.9 Å². The maximum atomic E-state index is 4.37. The Morgan fingerprint density at radius 2 is 1.89 bits per heavy atom. The normalized spacial score (nSPS) is 10.6. The van der Waals surface area contributed by atoms with Crippen LogP contribution in [0, 0.1) is 6.92 Å². The van der Waals surface area contributed by atoms with Crippen LogP contribution in [-0.2, 0) is 0 Å². The Labute approximate surface area is 120 Å². The topological polar surface area (TPSA) is 24.9 Å². The summed E-state index contributed by atoms with van der Waals surface area (Å²) >= 11 is 3.52. The largest absolute Gasteiger partial charge is 0.355 e. The molecule has 0 spiro atoms. The summed E-state index contributed by atoms with van der Waals surface area (Å²) in [5.74, 6) is 0. The summed E-state index contributed by atoms with van der Waals surface area (Å²) in [6.45, 7) is 2.08. The van der Waals surface area contributed by atoms with Gasteiger partial charge >= 0.3 is 0 Å². The van der Waals surface area contributed by atoms with Crippen LogP contribution in [0.4, 0.5) is 11.4 Å². The van der Waals surface area contributed by atoms with E-state index in [0.29, 0.717) is 0 Å². The molecule has 0 aliphatic carbocycles. The Bertz CT molecular complexity index is 732. The van der Waals surface area contributed by atoms with Crippen LogP contribution in [0.3, 0.4) is 0 Å². The molecule has 1 N–H and O–H groups in total. The number of rotatable bonds is 2. The van der Waals surface area contributed by atoms with Crippen molar-refractivity contribution in [2.45, 2.75) is 6.92 Å². The van der Waals surface area contributed by atoms with Crippen LogP contribution in [-0.4, -0.2) is 4.98 Å². The number of pyridine rings is 1. The highest BCUT2D eigenvalue weighted by atomic mass is 79.9. The highest BCUT2D eigenvalue weighted by Gasteiger charge is 2.02. The van der Waals surface area contributed by atoms with Crippen molar-refractivity contribution in [3.63, 3.8) is 0 Å². The predicted molar refractivity (Wildman–Crippen MR) is 83.9 cm³/mol. The molecule has 3 aromatic rings. The Kier molecular flexibility index (Phi) is 3.22. The van der Waals surface area contributed by atoms with Crippen LogP contribution < -0.4 is 5.32 Å². The van der Waals surface area contributed by atoms with Gasteiger partial charge in [-0.15, -0.1) is 0 Å². The van der Waals surface area contributed by atoms with Crippen LogP contribution in [0.15, 0.2) is 59.2 Å². The van der Waals surface area contributed by atoms with Gasteiger partial charge in [-0.2, -0.15) is 0 Å². The number of halogens is 1. The zero-order valence-electron chi connectivity index (χ0n) is 10.5.